The van der Waals surface area contributed by atoms with E-state index in [2.05, 4.69) is 145 Å². The van der Waals surface area contributed by atoms with Crippen LogP contribution in [0.3, 0.4) is 0 Å². The molecule has 0 atom stereocenters. The normalized spacial score (nSPS) is 16.6. The molecule has 2 aromatic rings. The zero-order valence-electron chi connectivity index (χ0n) is 26.1. The minimum absolute atomic E-state index is 0.0458. The van der Waals surface area contributed by atoms with Crippen LogP contribution in [-0.2, 0) is 21.7 Å². The van der Waals surface area contributed by atoms with Gasteiger partial charge >= 0.3 is 0 Å². The molecule has 0 saturated heterocycles. The van der Waals surface area contributed by atoms with Crippen LogP contribution >= 0.6 is 14.7 Å². The first-order valence-electron chi connectivity index (χ1n) is 13.4. The molecule has 0 fully saturated rings. The largest absolute Gasteiger partial charge is 0.271 e. The Morgan fingerprint density at radius 3 is 1.28 bits per heavy atom. The summed E-state index contributed by atoms with van der Waals surface area (Å²) in [5, 5.41) is 3.11. The summed E-state index contributed by atoms with van der Waals surface area (Å²) >= 11 is 0. The Hall–Kier alpha value is -0.910. The third kappa shape index (κ3) is 5.06. The minimum atomic E-state index is -1.88. The van der Waals surface area contributed by atoms with Crippen molar-refractivity contribution in [3.63, 3.8) is 0 Å². The minimum Gasteiger partial charge on any atom is -0.271 e. The van der Waals surface area contributed by atoms with Crippen LogP contribution in [-0.4, -0.2) is 37.5 Å². The molecule has 1 aliphatic rings. The molecule has 1 aliphatic heterocycles. The zero-order chi connectivity index (χ0) is 27.8. The van der Waals surface area contributed by atoms with Crippen molar-refractivity contribution in [3.05, 3.63) is 46.5 Å². The van der Waals surface area contributed by atoms with Crippen molar-refractivity contribution in [3.8, 4) is 11.1 Å². The van der Waals surface area contributed by atoms with E-state index >= 15 is 0 Å². The molecule has 0 aromatic heterocycles. The van der Waals surface area contributed by atoms with Gasteiger partial charge in [-0.25, -0.2) is 0 Å². The first kappa shape index (κ1) is 29.6. The van der Waals surface area contributed by atoms with Crippen molar-refractivity contribution in [2.45, 2.75) is 105 Å². The molecule has 0 aliphatic carbocycles. The van der Waals surface area contributed by atoms with Crippen molar-refractivity contribution in [1.29, 1.82) is 0 Å². The van der Waals surface area contributed by atoms with Gasteiger partial charge in [0.2, 0.25) is 0 Å². The first-order chi connectivity index (χ1) is 16.0. The Bertz CT molecular complexity index is 1210. The van der Waals surface area contributed by atoms with Gasteiger partial charge in [-0.05, 0) is 103 Å². The van der Waals surface area contributed by atoms with Gasteiger partial charge in [-0.3, -0.25) is 9.34 Å². The molecule has 200 valence electrons. The molecule has 3 rings (SSSR count). The SMILES string of the molecule is CN(C)P1(N(C)C)=Pc2c(cc(C(C)(C)C)cc2C(C)(C)C)-c2cc(C(C)(C)C)cc(C(C)(C)C)c21. The molecule has 2 aromatic carbocycles. The van der Waals surface area contributed by atoms with Gasteiger partial charge in [0, 0.05) is 10.6 Å². The Labute approximate surface area is 225 Å². The molecule has 0 amide bonds. The van der Waals surface area contributed by atoms with E-state index in [0.29, 0.717) is 0 Å². The molecule has 0 N–H and O–H groups in total. The van der Waals surface area contributed by atoms with Crippen LogP contribution in [0.4, 0.5) is 0 Å². The highest BCUT2D eigenvalue weighted by molar-refractivity contribution is 8.09. The maximum absolute atomic E-state index is 2.56. The second-order valence-corrected chi connectivity index (χ2v) is 21.3. The van der Waals surface area contributed by atoms with Gasteiger partial charge in [0.15, 0.2) is 0 Å². The predicted molar refractivity (Wildman–Crippen MR) is 167 cm³/mol. The summed E-state index contributed by atoms with van der Waals surface area (Å²) in [6.07, 6.45) is 0. The van der Waals surface area contributed by atoms with Crippen molar-refractivity contribution in [2.75, 3.05) is 28.2 Å². The van der Waals surface area contributed by atoms with Gasteiger partial charge in [0.25, 0.3) is 0 Å². The summed E-state index contributed by atoms with van der Waals surface area (Å²) < 4.78 is 5.12. The highest BCUT2D eigenvalue weighted by atomic mass is 31.8. The maximum Gasteiger partial charge on any atom is 0.0710 e. The van der Waals surface area contributed by atoms with E-state index in [4.69, 9.17) is 0 Å². The monoisotopic (exact) mass is 526 g/mol. The average Bonchev–Trinajstić information content (AvgIpc) is 2.68. The van der Waals surface area contributed by atoms with E-state index in [-0.39, 0.29) is 21.7 Å². The van der Waals surface area contributed by atoms with E-state index in [1.165, 1.54) is 46.6 Å². The lowest BCUT2D eigenvalue weighted by atomic mass is 9.76. The van der Waals surface area contributed by atoms with Gasteiger partial charge in [-0.1, -0.05) is 95.2 Å². The highest BCUT2D eigenvalue weighted by Gasteiger charge is 2.41. The van der Waals surface area contributed by atoms with Crippen LogP contribution in [0.25, 0.3) is 11.1 Å². The van der Waals surface area contributed by atoms with Crippen LogP contribution in [0, 0.1) is 0 Å². The standard InChI is InChI=1S/C32H52N2P2/c1-29(2,3)21-17-23-24-18-22(30(4,5)6)20-26(32(10,11)12)28(24)36(33(13)14,34(15)16)35-27(23)25(19-21)31(7,8)9/h17-20H,1-16H3. The topological polar surface area (TPSA) is 6.48 Å². The van der Waals surface area contributed by atoms with Gasteiger partial charge in [-0.15, -0.1) is 0 Å². The molecule has 0 bridgehead atoms. The van der Waals surface area contributed by atoms with Gasteiger partial charge in [0.05, 0.1) is 6.85 Å². The van der Waals surface area contributed by atoms with Crippen molar-refractivity contribution in [1.82, 2.24) is 9.34 Å². The number of fused-ring (bicyclic) bond motifs is 3. The summed E-state index contributed by atoms with van der Waals surface area (Å²) in [6.45, 7) is 26.6. The predicted octanol–water partition coefficient (Wildman–Crippen LogP) is 8.64. The first-order valence-corrected chi connectivity index (χ1v) is 16.7. The number of rotatable bonds is 2. The molecule has 0 spiro atoms. The van der Waals surface area contributed by atoms with Crippen LogP contribution in [0.1, 0.15) is 105 Å². The van der Waals surface area contributed by atoms with E-state index in [9.17, 15) is 0 Å². The van der Waals surface area contributed by atoms with E-state index in [1.807, 2.05) is 0 Å². The number of hydrogen-bond acceptors (Lipinski definition) is 2. The summed E-state index contributed by atoms with van der Waals surface area (Å²) in [6, 6.07) is 10.2. The fourth-order valence-electron chi connectivity index (χ4n) is 5.25. The third-order valence-corrected chi connectivity index (χ3v) is 16.0. The lowest BCUT2D eigenvalue weighted by molar-refractivity contribution is 0.563. The van der Waals surface area contributed by atoms with Crippen LogP contribution in [0.2, 0.25) is 0 Å². The molecule has 1 heterocycles. The molecular weight excluding hydrogens is 474 g/mol. The number of hydrogen-bond donors (Lipinski definition) is 0. The molecule has 0 saturated carbocycles. The fraction of sp³-hybridized carbons (Fsp3) is 0.625. The Balaban J connectivity index is 2.75. The van der Waals surface area contributed by atoms with Crippen LogP contribution in [0.5, 0.6) is 0 Å². The highest BCUT2D eigenvalue weighted by Crippen LogP contribution is 2.64. The molecule has 36 heavy (non-hydrogen) atoms. The summed E-state index contributed by atoms with van der Waals surface area (Å²) in [5.41, 5.74) is 9.09. The summed E-state index contributed by atoms with van der Waals surface area (Å²) in [7, 11) is 10.7. The lowest BCUT2D eigenvalue weighted by Gasteiger charge is -2.46. The maximum atomic E-state index is 2.56. The molecule has 2 nitrogen and oxygen atoms in total. The van der Waals surface area contributed by atoms with Crippen LogP contribution in [0.15, 0.2) is 24.3 Å². The molecule has 0 radical (unpaired) electrons. The molecule has 0 unspecified atom stereocenters. The van der Waals surface area contributed by atoms with Crippen LogP contribution < -0.4 is 10.6 Å². The number of benzene rings is 2. The lowest BCUT2D eigenvalue weighted by Crippen LogP contribution is -2.38. The van der Waals surface area contributed by atoms with Crippen molar-refractivity contribution in [2.24, 2.45) is 0 Å². The quantitative estimate of drug-likeness (QED) is 0.361. The third-order valence-electron chi connectivity index (χ3n) is 7.51. The second kappa shape index (κ2) is 9.09. The number of nitrogens with zero attached hydrogens (tertiary/aromatic N) is 2. The van der Waals surface area contributed by atoms with E-state index < -0.39 is 6.85 Å². The Morgan fingerprint density at radius 2 is 0.917 bits per heavy atom. The van der Waals surface area contributed by atoms with Gasteiger partial charge in [-0.2, -0.15) is 0 Å². The van der Waals surface area contributed by atoms with Crippen molar-refractivity contribution >= 4 is 25.3 Å². The van der Waals surface area contributed by atoms with E-state index in [1.54, 1.807) is 5.30 Å². The van der Waals surface area contributed by atoms with Gasteiger partial charge in [0.1, 0.15) is 0 Å². The van der Waals surface area contributed by atoms with Gasteiger partial charge < -0.3 is 0 Å². The van der Waals surface area contributed by atoms with E-state index in [0.717, 1.165) is 0 Å². The smallest absolute Gasteiger partial charge is 0.0710 e. The Kier molecular flexibility index (Phi) is 7.48. The average molecular weight is 527 g/mol. The molecular formula is C32H52N2P2. The van der Waals surface area contributed by atoms with Crippen molar-refractivity contribution < 1.29 is 0 Å². The molecule has 4 heteroatoms. The summed E-state index contributed by atoms with van der Waals surface area (Å²) in [4.78, 5) is 0. The zero-order valence-corrected chi connectivity index (χ0v) is 27.9. The summed E-state index contributed by atoms with van der Waals surface area (Å²) in [5.74, 6) is 0. The fourth-order valence-corrected chi connectivity index (χ4v) is 13.0. The Morgan fingerprint density at radius 1 is 0.528 bits per heavy atom. The second-order valence-electron chi connectivity index (χ2n) is 15.2.